The molecule has 5 rings (SSSR count). The number of carbonyl (C=O) groups is 1. The molecule has 2 aromatic heterocycles. The summed E-state index contributed by atoms with van der Waals surface area (Å²) in [6.07, 6.45) is 7.41. The van der Waals surface area contributed by atoms with E-state index >= 15 is 0 Å². The minimum Gasteiger partial charge on any atom is -0.489 e. The van der Waals surface area contributed by atoms with Crippen molar-refractivity contribution in [2.75, 3.05) is 19.7 Å². The van der Waals surface area contributed by atoms with Crippen LogP contribution in [-0.4, -0.2) is 61.5 Å². The molecule has 10 nitrogen and oxygen atoms in total. The zero-order valence-electron chi connectivity index (χ0n) is 23.2. The van der Waals surface area contributed by atoms with Gasteiger partial charge in [0.05, 0.1) is 36.3 Å². The molecule has 1 saturated heterocycles. The smallest absolute Gasteiger partial charge is 0.303 e. The maximum absolute atomic E-state index is 12.6. The van der Waals surface area contributed by atoms with Crippen LogP contribution in [0.15, 0.2) is 77.9 Å². The summed E-state index contributed by atoms with van der Waals surface area (Å²) in [6.45, 7) is 2.49. The van der Waals surface area contributed by atoms with Crippen LogP contribution in [-0.2, 0) is 11.3 Å². The van der Waals surface area contributed by atoms with E-state index in [1.165, 1.54) is 10.7 Å². The van der Waals surface area contributed by atoms with E-state index < -0.39 is 5.97 Å². The van der Waals surface area contributed by atoms with Crippen molar-refractivity contribution >= 4 is 5.97 Å². The summed E-state index contributed by atoms with van der Waals surface area (Å²) < 4.78 is 7.43. The van der Waals surface area contributed by atoms with Crippen LogP contribution >= 0.6 is 0 Å². The first kappa shape index (κ1) is 28.6. The summed E-state index contributed by atoms with van der Waals surface area (Å²) >= 11 is 0. The molecular weight excluding hydrogens is 532 g/mol. The van der Waals surface area contributed by atoms with Crippen molar-refractivity contribution in [3.63, 3.8) is 0 Å². The SMILES string of the molecule is N#Cc1cccc(-c2ccc(=O)n(Cc3cccc(-c4ncc(OCC5CCCCN5CCCC(=O)O)cn4)c3)n2)c1. The zero-order valence-corrected chi connectivity index (χ0v) is 23.2. The number of likely N-dealkylation sites (tertiary alicyclic amines) is 1. The number of piperidine rings is 1. The van der Waals surface area contributed by atoms with Gasteiger partial charge in [-0.05, 0) is 62.2 Å². The molecule has 0 spiro atoms. The molecule has 1 aliphatic heterocycles. The number of carboxylic acid groups (broad SMARTS) is 1. The number of nitriles is 1. The highest BCUT2D eigenvalue weighted by molar-refractivity contribution is 5.66. The molecule has 0 bridgehead atoms. The molecule has 10 heteroatoms. The number of aliphatic carboxylic acids is 1. The highest BCUT2D eigenvalue weighted by atomic mass is 16.5. The molecule has 42 heavy (non-hydrogen) atoms. The molecular formula is C32H32N6O4. The van der Waals surface area contributed by atoms with Crippen molar-refractivity contribution in [2.24, 2.45) is 0 Å². The summed E-state index contributed by atoms with van der Waals surface area (Å²) in [5.74, 6) is 0.361. The molecule has 1 fully saturated rings. The molecule has 1 unspecified atom stereocenters. The largest absolute Gasteiger partial charge is 0.489 e. The van der Waals surface area contributed by atoms with E-state index in [4.69, 9.17) is 9.84 Å². The number of rotatable bonds is 11. The third-order valence-electron chi connectivity index (χ3n) is 7.33. The summed E-state index contributed by atoms with van der Waals surface area (Å²) in [4.78, 5) is 34.8. The lowest BCUT2D eigenvalue weighted by atomic mass is 10.0. The number of ether oxygens (including phenoxy) is 1. The van der Waals surface area contributed by atoms with Gasteiger partial charge in [-0.3, -0.25) is 14.5 Å². The van der Waals surface area contributed by atoms with Crippen LogP contribution < -0.4 is 10.3 Å². The third kappa shape index (κ3) is 7.44. The molecule has 2 aromatic carbocycles. The lowest BCUT2D eigenvalue weighted by molar-refractivity contribution is -0.137. The maximum Gasteiger partial charge on any atom is 0.303 e. The first-order chi connectivity index (χ1) is 20.5. The van der Waals surface area contributed by atoms with E-state index in [0.717, 1.165) is 49.0 Å². The summed E-state index contributed by atoms with van der Waals surface area (Å²) in [7, 11) is 0. The van der Waals surface area contributed by atoms with Gasteiger partial charge in [0.25, 0.3) is 5.56 Å². The molecule has 0 amide bonds. The lowest BCUT2D eigenvalue weighted by Gasteiger charge is -2.35. The molecule has 214 valence electrons. The number of carboxylic acids is 1. The van der Waals surface area contributed by atoms with E-state index in [9.17, 15) is 14.9 Å². The molecule has 3 heterocycles. The first-order valence-electron chi connectivity index (χ1n) is 14.1. The Balaban J connectivity index is 1.23. The van der Waals surface area contributed by atoms with Crippen molar-refractivity contribution in [1.82, 2.24) is 24.6 Å². The zero-order chi connectivity index (χ0) is 29.3. The Hall–Kier alpha value is -4.88. The number of benzene rings is 2. The summed E-state index contributed by atoms with van der Waals surface area (Å²) in [6, 6.07) is 20.3. The van der Waals surface area contributed by atoms with Crippen LogP contribution in [0.5, 0.6) is 5.75 Å². The second kappa shape index (κ2) is 13.7. The number of hydrogen-bond donors (Lipinski definition) is 1. The summed E-state index contributed by atoms with van der Waals surface area (Å²) in [5, 5.41) is 22.7. The van der Waals surface area contributed by atoms with Crippen LogP contribution in [0, 0.1) is 11.3 Å². The molecule has 0 saturated carbocycles. The Labute approximate surface area is 243 Å². The Morgan fingerprint density at radius 2 is 1.86 bits per heavy atom. The lowest BCUT2D eigenvalue weighted by Crippen LogP contribution is -2.43. The van der Waals surface area contributed by atoms with Crippen LogP contribution in [0.4, 0.5) is 0 Å². The first-order valence-corrected chi connectivity index (χ1v) is 14.1. The van der Waals surface area contributed by atoms with Gasteiger partial charge >= 0.3 is 5.97 Å². The fraction of sp³-hybridized carbons (Fsp3) is 0.312. The predicted octanol–water partition coefficient (Wildman–Crippen LogP) is 4.39. The van der Waals surface area contributed by atoms with E-state index in [0.29, 0.717) is 35.9 Å². The van der Waals surface area contributed by atoms with Crippen molar-refractivity contribution < 1.29 is 14.6 Å². The van der Waals surface area contributed by atoms with Gasteiger partial charge in [0, 0.05) is 29.7 Å². The average Bonchev–Trinajstić information content (AvgIpc) is 3.02. The summed E-state index contributed by atoms with van der Waals surface area (Å²) in [5.41, 5.74) is 3.35. The van der Waals surface area contributed by atoms with Crippen molar-refractivity contribution in [3.05, 3.63) is 94.5 Å². The van der Waals surface area contributed by atoms with Gasteiger partial charge < -0.3 is 9.84 Å². The Bertz CT molecular complexity index is 1630. The van der Waals surface area contributed by atoms with Crippen LogP contribution in [0.2, 0.25) is 0 Å². The average molecular weight is 565 g/mol. The highest BCUT2D eigenvalue weighted by Crippen LogP contribution is 2.22. The topological polar surface area (TPSA) is 134 Å². The standard InChI is InChI=1S/C32H32N6O4/c33-18-23-6-3-8-25(16-23)29-12-13-30(39)38(36-29)21-24-7-4-9-26(17-24)32-34-19-28(20-35-32)42-22-27-10-1-2-14-37(27)15-5-11-31(40)41/h3-4,6-9,12-13,16-17,19-20,27H,1-2,5,10-11,14-15,21-22H2,(H,40,41). The van der Waals surface area contributed by atoms with Gasteiger partial charge in [0.15, 0.2) is 11.6 Å². The van der Waals surface area contributed by atoms with Crippen molar-refractivity contribution in [1.29, 1.82) is 5.26 Å². The maximum atomic E-state index is 12.6. The van der Waals surface area contributed by atoms with Gasteiger partial charge in [0.1, 0.15) is 6.61 Å². The molecule has 0 radical (unpaired) electrons. The van der Waals surface area contributed by atoms with E-state index in [2.05, 4.69) is 26.0 Å². The highest BCUT2D eigenvalue weighted by Gasteiger charge is 2.23. The van der Waals surface area contributed by atoms with Crippen molar-refractivity contribution in [3.8, 4) is 34.5 Å². The molecule has 1 N–H and O–H groups in total. The van der Waals surface area contributed by atoms with Crippen LogP contribution in [0.25, 0.3) is 22.6 Å². The van der Waals surface area contributed by atoms with Gasteiger partial charge in [-0.15, -0.1) is 0 Å². The van der Waals surface area contributed by atoms with Gasteiger partial charge in [0.2, 0.25) is 0 Å². The fourth-order valence-corrected chi connectivity index (χ4v) is 5.15. The second-order valence-corrected chi connectivity index (χ2v) is 10.3. The Morgan fingerprint density at radius 1 is 1.05 bits per heavy atom. The number of aromatic nitrogens is 4. The molecule has 0 aliphatic carbocycles. The van der Waals surface area contributed by atoms with Gasteiger partial charge in [-0.2, -0.15) is 10.4 Å². The van der Waals surface area contributed by atoms with Gasteiger partial charge in [-0.25, -0.2) is 14.6 Å². The Morgan fingerprint density at radius 3 is 2.67 bits per heavy atom. The third-order valence-corrected chi connectivity index (χ3v) is 7.33. The predicted molar refractivity (Wildman–Crippen MR) is 157 cm³/mol. The molecule has 4 aromatic rings. The van der Waals surface area contributed by atoms with E-state index in [-0.39, 0.29) is 24.6 Å². The quantitative estimate of drug-likeness (QED) is 0.281. The number of nitrogens with zero attached hydrogens (tertiary/aromatic N) is 6. The molecule has 1 atom stereocenters. The normalized spacial score (nSPS) is 15.2. The van der Waals surface area contributed by atoms with E-state index in [1.54, 1.807) is 36.7 Å². The minimum absolute atomic E-state index is 0.179. The van der Waals surface area contributed by atoms with Crippen LogP contribution in [0.3, 0.4) is 0 Å². The Kier molecular flexibility index (Phi) is 9.31. The minimum atomic E-state index is -0.763. The monoisotopic (exact) mass is 564 g/mol. The number of hydrogen-bond acceptors (Lipinski definition) is 8. The fourth-order valence-electron chi connectivity index (χ4n) is 5.15. The van der Waals surface area contributed by atoms with E-state index in [1.807, 2.05) is 30.3 Å². The van der Waals surface area contributed by atoms with Crippen molar-refractivity contribution in [2.45, 2.75) is 44.7 Å². The van der Waals surface area contributed by atoms with Crippen LogP contribution in [0.1, 0.15) is 43.2 Å². The second-order valence-electron chi connectivity index (χ2n) is 10.3. The van der Waals surface area contributed by atoms with Gasteiger partial charge in [-0.1, -0.05) is 36.8 Å². The molecule has 1 aliphatic rings.